The molecule has 0 radical (unpaired) electrons. The van der Waals surface area contributed by atoms with Crippen LogP contribution in [-0.2, 0) is 16.0 Å². The third-order valence-corrected chi connectivity index (χ3v) is 4.32. The predicted molar refractivity (Wildman–Crippen MR) is 107 cm³/mol. The van der Waals surface area contributed by atoms with E-state index in [1.807, 2.05) is 6.92 Å². The molecule has 0 spiro atoms. The van der Waals surface area contributed by atoms with E-state index in [9.17, 15) is 9.59 Å². The lowest BCUT2D eigenvalue weighted by Gasteiger charge is -2.11. The predicted octanol–water partition coefficient (Wildman–Crippen LogP) is 3.58. The number of carbonyl (C=O) groups is 2. The van der Waals surface area contributed by atoms with Crippen LogP contribution in [0.15, 0.2) is 24.4 Å². The number of imidazole rings is 1. The molecule has 0 fully saturated rings. The molecule has 0 saturated carbocycles. The molecule has 1 N–H and O–H groups in total. The van der Waals surface area contributed by atoms with E-state index in [0.717, 1.165) is 0 Å². The van der Waals surface area contributed by atoms with E-state index < -0.39 is 12.1 Å². The molecule has 0 aromatic carbocycles. The van der Waals surface area contributed by atoms with Crippen LogP contribution < -0.4 is 5.32 Å². The zero-order chi connectivity index (χ0) is 21.1. The molecule has 0 unspecified atom stereocenters. The summed E-state index contributed by atoms with van der Waals surface area (Å²) in [6.45, 7) is 5.62. The molecule has 3 rings (SSSR count). The number of nitrogens with one attached hydrogen (secondary N) is 1. The van der Waals surface area contributed by atoms with Gasteiger partial charge in [0.15, 0.2) is 11.3 Å². The first-order chi connectivity index (χ1) is 13.8. The zero-order valence-electron chi connectivity index (χ0n) is 16.4. The fourth-order valence-corrected chi connectivity index (χ4v) is 2.91. The van der Waals surface area contributed by atoms with Crippen LogP contribution >= 0.6 is 11.6 Å². The van der Waals surface area contributed by atoms with Crippen molar-refractivity contribution >= 4 is 40.5 Å². The maximum absolute atomic E-state index is 11.8. The first kappa shape index (κ1) is 20.5. The Morgan fingerprint density at radius 3 is 2.69 bits per heavy atom. The van der Waals surface area contributed by atoms with Crippen molar-refractivity contribution in [1.29, 1.82) is 0 Å². The monoisotopic (exact) mass is 417 g/mol. The Balaban J connectivity index is 1.87. The molecule has 0 aliphatic carbocycles. The molecule has 3 aromatic heterocycles. The molecular weight excluding hydrogens is 398 g/mol. The highest BCUT2D eigenvalue weighted by Gasteiger charge is 2.16. The Bertz CT molecular complexity index is 1080. The second-order valence-electron chi connectivity index (χ2n) is 6.51. The number of rotatable bonds is 5. The Hall–Kier alpha value is -3.20. The first-order valence-electron chi connectivity index (χ1n) is 8.82. The summed E-state index contributed by atoms with van der Waals surface area (Å²) in [5.74, 6) is 0.160. The van der Waals surface area contributed by atoms with Crippen molar-refractivity contribution in [1.82, 2.24) is 19.5 Å². The Morgan fingerprint density at radius 1 is 1.28 bits per heavy atom. The first-order valence-corrected chi connectivity index (χ1v) is 9.20. The minimum absolute atomic E-state index is 0.184. The second kappa shape index (κ2) is 8.44. The number of ether oxygens (including phenoxy) is 2. The molecule has 0 aliphatic rings. The number of aryl methyl sites for hydroxylation is 1. The van der Waals surface area contributed by atoms with Crippen molar-refractivity contribution in [3.8, 4) is 0 Å². The van der Waals surface area contributed by atoms with E-state index in [-0.39, 0.29) is 18.3 Å². The smallest absolute Gasteiger partial charge is 0.411 e. The van der Waals surface area contributed by atoms with Crippen LogP contribution in [-0.4, -0.2) is 44.8 Å². The van der Waals surface area contributed by atoms with E-state index in [2.05, 4.69) is 20.3 Å². The molecule has 0 saturated heterocycles. The van der Waals surface area contributed by atoms with Gasteiger partial charge in [0.1, 0.15) is 11.3 Å². The van der Waals surface area contributed by atoms with Gasteiger partial charge in [0, 0.05) is 0 Å². The number of pyridine rings is 2. The fourth-order valence-electron chi connectivity index (χ4n) is 2.68. The summed E-state index contributed by atoms with van der Waals surface area (Å²) in [4.78, 5) is 36.7. The van der Waals surface area contributed by atoms with Crippen LogP contribution in [0.2, 0.25) is 5.02 Å². The summed E-state index contributed by atoms with van der Waals surface area (Å²) in [6.07, 6.45) is 0.670. The maximum atomic E-state index is 11.8. The van der Waals surface area contributed by atoms with E-state index in [1.54, 1.807) is 36.6 Å². The SMILES string of the molecule is COC(=O)c1ccc2nc(C)n(Cc3ncc(NC(=O)OC(C)C)cc3Cl)c2n1. The highest BCUT2D eigenvalue weighted by Crippen LogP contribution is 2.22. The van der Waals surface area contributed by atoms with Gasteiger partial charge >= 0.3 is 12.1 Å². The van der Waals surface area contributed by atoms with Crippen molar-refractivity contribution in [3.05, 3.63) is 46.6 Å². The summed E-state index contributed by atoms with van der Waals surface area (Å²) < 4.78 is 11.6. The highest BCUT2D eigenvalue weighted by molar-refractivity contribution is 6.31. The normalized spacial score (nSPS) is 11.0. The Kier molecular flexibility index (Phi) is 5.97. The number of hydrogen-bond donors (Lipinski definition) is 1. The van der Waals surface area contributed by atoms with Crippen LogP contribution in [0.3, 0.4) is 0 Å². The number of carbonyl (C=O) groups excluding carboxylic acids is 2. The number of hydrogen-bond acceptors (Lipinski definition) is 7. The molecule has 0 aliphatic heterocycles. The van der Waals surface area contributed by atoms with Crippen molar-refractivity contribution in [2.75, 3.05) is 12.4 Å². The number of halogens is 1. The van der Waals surface area contributed by atoms with E-state index in [4.69, 9.17) is 21.1 Å². The number of aromatic nitrogens is 4. The van der Waals surface area contributed by atoms with Gasteiger partial charge in [-0.1, -0.05) is 11.6 Å². The number of methoxy groups -OCH3 is 1. The number of amides is 1. The highest BCUT2D eigenvalue weighted by atomic mass is 35.5. The summed E-state index contributed by atoms with van der Waals surface area (Å²) in [6, 6.07) is 4.86. The van der Waals surface area contributed by atoms with Gasteiger partial charge in [0.05, 0.1) is 42.4 Å². The topological polar surface area (TPSA) is 108 Å². The standard InChI is InChI=1S/C19H20ClN5O4/c1-10(2)29-19(27)23-12-7-13(20)16(21-8-12)9-25-11(3)22-14-5-6-15(18(26)28-4)24-17(14)25/h5-8,10H,9H2,1-4H3,(H,23,27). The van der Waals surface area contributed by atoms with Crippen LogP contribution in [0.1, 0.15) is 35.9 Å². The average Bonchev–Trinajstić information content (AvgIpc) is 2.97. The van der Waals surface area contributed by atoms with E-state index in [1.165, 1.54) is 13.3 Å². The lowest BCUT2D eigenvalue weighted by Crippen LogP contribution is -2.18. The summed E-state index contributed by atoms with van der Waals surface area (Å²) >= 11 is 6.36. The largest absolute Gasteiger partial charge is 0.464 e. The lowest BCUT2D eigenvalue weighted by atomic mass is 10.3. The average molecular weight is 418 g/mol. The maximum Gasteiger partial charge on any atom is 0.411 e. The van der Waals surface area contributed by atoms with Crippen LogP contribution in [0.5, 0.6) is 0 Å². The van der Waals surface area contributed by atoms with Crippen molar-refractivity contribution < 1.29 is 19.1 Å². The molecule has 0 bridgehead atoms. The van der Waals surface area contributed by atoms with E-state index >= 15 is 0 Å². The van der Waals surface area contributed by atoms with Crippen molar-refractivity contribution in [2.24, 2.45) is 0 Å². The molecule has 29 heavy (non-hydrogen) atoms. The number of anilines is 1. The third kappa shape index (κ3) is 4.62. The minimum atomic E-state index is -0.582. The second-order valence-corrected chi connectivity index (χ2v) is 6.91. The fraction of sp³-hybridized carbons (Fsp3) is 0.316. The summed E-state index contributed by atoms with van der Waals surface area (Å²) in [5.41, 5.74) is 2.32. The Morgan fingerprint density at radius 2 is 2.03 bits per heavy atom. The Labute approximate surface area is 172 Å². The summed E-state index contributed by atoms with van der Waals surface area (Å²) in [5, 5.41) is 2.94. The van der Waals surface area contributed by atoms with Crippen molar-refractivity contribution in [3.63, 3.8) is 0 Å². The third-order valence-electron chi connectivity index (χ3n) is 3.99. The van der Waals surface area contributed by atoms with E-state index in [0.29, 0.717) is 33.4 Å². The van der Waals surface area contributed by atoms with Gasteiger partial charge in [-0.25, -0.2) is 19.6 Å². The lowest BCUT2D eigenvalue weighted by molar-refractivity contribution is 0.0594. The number of nitrogens with zero attached hydrogens (tertiary/aromatic N) is 4. The quantitative estimate of drug-likeness (QED) is 0.632. The van der Waals surface area contributed by atoms with Crippen LogP contribution in [0.4, 0.5) is 10.5 Å². The number of fused-ring (bicyclic) bond motifs is 1. The van der Waals surface area contributed by atoms with Crippen molar-refractivity contribution in [2.45, 2.75) is 33.4 Å². The zero-order valence-corrected chi connectivity index (χ0v) is 17.1. The van der Waals surface area contributed by atoms with Gasteiger partial charge in [0.25, 0.3) is 0 Å². The van der Waals surface area contributed by atoms with Gasteiger partial charge < -0.3 is 14.0 Å². The van der Waals surface area contributed by atoms with Gasteiger partial charge in [-0.2, -0.15) is 0 Å². The summed E-state index contributed by atoms with van der Waals surface area (Å²) in [7, 11) is 1.30. The van der Waals surface area contributed by atoms with Gasteiger partial charge in [-0.3, -0.25) is 10.3 Å². The molecule has 9 nitrogen and oxygen atoms in total. The minimum Gasteiger partial charge on any atom is -0.464 e. The molecule has 1 amide bonds. The molecule has 152 valence electrons. The van der Waals surface area contributed by atoms with Gasteiger partial charge in [-0.05, 0) is 39.0 Å². The molecule has 3 aromatic rings. The molecule has 0 atom stereocenters. The molecule has 3 heterocycles. The van der Waals surface area contributed by atoms with Crippen LogP contribution in [0.25, 0.3) is 11.2 Å². The van der Waals surface area contributed by atoms with Gasteiger partial charge in [0.2, 0.25) is 0 Å². The number of esters is 1. The van der Waals surface area contributed by atoms with Crippen LogP contribution in [0, 0.1) is 6.92 Å². The van der Waals surface area contributed by atoms with Gasteiger partial charge in [-0.15, -0.1) is 0 Å². The molecule has 10 heteroatoms. The molecular formula is C19H20ClN5O4.